The number of aromatic nitrogens is 3. The van der Waals surface area contributed by atoms with Crippen molar-refractivity contribution in [2.75, 3.05) is 0 Å². The summed E-state index contributed by atoms with van der Waals surface area (Å²) in [6, 6.07) is 11.6. The fraction of sp³-hybridized carbons (Fsp3) is 0. The molecule has 7 nitrogen and oxygen atoms in total. The van der Waals surface area contributed by atoms with Crippen molar-refractivity contribution in [1.29, 1.82) is 0 Å². The average Bonchev–Trinajstić information content (AvgIpc) is 3.17. The zero-order chi connectivity index (χ0) is 17.7. The Morgan fingerprint density at radius 2 is 1.92 bits per heavy atom. The molecule has 26 heavy (non-hydrogen) atoms. The van der Waals surface area contributed by atoms with Gasteiger partial charge in [-0.3, -0.25) is 0 Å². The lowest BCUT2D eigenvalue weighted by Gasteiger charge is -1.94. The zero-order valence-corrected chi connectivity index (χ0v) is 13.1. The van der Waals surface area contributed by atoms with E-state index in [9.17, 15) is 9.50 Å². The summed E-state index contributed by atoms with van der Waals surface area (Å²) in [5, 5.41) is 19.6. The van der Waals surface area contributed by atoms with Crippen LogP contribution in [0.3, 0.4) is 0 Å². The second-order valence-electron chi connectivity index (χ2n) is 5.69. The third-order valence-corrected chi connectivity index (χ3v) is 4.10. The van der Waals surface area contributed by atoms with Gasteiger partial charge in [-0.25, -0.2) is 14.4 Å². The monoisotopic (exact) mass is 347 g/mol. The molecule has 2 N–H and O–H groups in total. The van der Waals surface area contributed by atoms with Crippen molar-refractivity contribution in [2.24, 2.45) is 10.2 Å². The summed E-state index contributed by atoms with van der Waals surface area (Å²) < 4.78 is 19.1. The highest BCUT2D eigenvalue weighted by atomic mass is 19.1. The Labute approximate surface area is 144 Å². The highest BCUT2D eigenvalue weighted by Crippen LogP contribution is 2.37. The van der Waals surface area contributed by atoms with Crippen LogP contribution in [0.15, 0.2) is 63.4 Å². The number of hydrogen-bond donors (Lipinski definition) is 2. The molecule has 0 amide bonds. The summed E-state index contributed by atoms with van der Waals surface area (Å²) in [6.07, 6.45) is 1.38. The molecule has 5 rings (SSSR count). The number of azo groups is 1. The highest BCUT2D eigenvalue weighted by molar-refractivity contribution is 6.05. The van der Waals surface area contributed by atoms with Gasteiger partial charge in [0.25, 0.3) is 0 Å². The highest BCUT2D eigenvalue weighted by Gasteiger charge is 2.14. The smallest absolute Gasteiger partial charge is 0.221 e. The van der Waals surface area contributed by atoms with E-state index < -0.39 is 5.82 Å². The predicted octanol–water partition coefficient (Wildman–Crippen LogP) is 5.12. The van der Waals surface area contributed by atoms with Crippen molar-refractivity contribution >= 4 is 44.5 Å². The number of halogens is 1. The Bertz CT molecular complexity index is 1320. The Hall–Kier alpha value is -3.81. The summed E-state index contributed by atoms with van der Waals surface area (Å²) in [5.41, 5.74) is 2.33. The number of para-hydroxylation sites is 1. The van der Waals surface area contributed by atoms with E-state index in [4.69, 9.17) is 4.42 Å². The summed E-state index contributed by atoms with van der Waals surface area (Å²) in [7, 11) is 0. The van der Waals surface area contributed by atoms with E-state index in [1.807, 2.05) is 24.3 Å². The standard InChI is InChI=1S/C18H10FN5O2/c19-9-5-6-10-12(7-9)22-18(25)15(10)23-24-17-16-14(20-8-21-17)11-3-1-2-4-13(11)26-16/h1-8,22,25H. The molecule has 0 bridgehead atoms. The molecule has 2 aromatic carbocycles. The van der Waals surface area contributed by atoms with Gasteiger partial charge in [0.15, 0.2) is 11.3 Å². The Morgan fingerprint density at radius 3 is 2.85 bits per heavy atom. The van der Waals surface area contributed by atoms with E-state index in [0.29, 0.717) is 27.6 Å². The molecule has 0 aliphatic rings. The van der Waals surface area contributed by atoms with Crippen molar-refractivity contribution in [2.45, 2.75) is 0 Å². The van der Waals surface area contributed by atoms with Gasteiger partial charge in [-0.1, -0.05) is 12.1 Å². The molecule has 8 heteroatoms. The molecule has 0 aliphatic carbocycles. The van der Waals surface area contributed by atoms with Crippen LogP contribution < -0.4 is 0 Å². The van der Waals surface area contributed by atoms with Gasteiger partial charge in [-0.05, 0) is 30.3 Å². The molecular weight excluding hydrogens is 337 g/mol. The first-order valence-electron chi connectivity index (χ1n) is 7.75. The number of benzene rings is 2. The first-order valence-corrected chi connectivity index (χ1v) is 7.75. The van der Waals surface area contributed by atoms with Crippen molar-refractivity contribution in [1.82, 2.24) is 15.0 Å². The number of nitrogens with one attached hydrogen (secondary N) is 1. The number of aromatic hydroxyl groups is 1. The minimum absolute atomic E-state index is 0.197. The SMILES string of the molecule is Oc1[nH]c2cc(F)ccc2c1N=Nc1ncnc2c1oc1ccccc12. The van der Waals surface area contributed by atoms with Crippen LogP contribution >= 0.6 is 0 Å². The van der Waals surface area contributed by atoms with Crippen LogP contribution in [0.5, 0.6) is 5.88 Å². The minimum Gasteiger partial charge on any atom is -0.493 e. The number of fused-ring (bicyclic) bond motifs is 4. The lowest BCUT2D eigenvalue weighted by atomic mass is 10.2. The first kappa shape index (κ1) is 14.5. The second-order valence-corrected chi connectivity index (χ2v) is 5.69. The van der Waals surface area contributed by atoms with Gasteiger partial charge in [-0.2, -0.15) is 0 Å². The minimum atomic E-state index is -0.415. The normalized spacial score (nSPS) is 12.0. The molecule has 0 atom stereocenters. The molecule has 0 saturated heterocycles. The summed E-state index contributed by atoms with van der Waals surface area (Å²) in [4.78, 5) is 11.0. The molecule has 0 saturated carbocycles. The van der Waals surface area contributed by atoms with Crippen LogP contribution in [0, 0.1) is 5.82 Å². The predicted molar refractivity (Wildman–Crippen MR) is 93.4 cm³/mol. The maximum atomic E-state index is 13.3. The molecule has 3 aromatic heterocycles. The zero-order valence-electron chi connectivity index (χ0n) is 13.1. The quantitative estimate of drug-likeness (QED) is 0.433. The van der Waals surface area contributed by atoms with Crippen LogP contribution in [-0.4, -0.2) is 20.1 Å². The van der Waals surface area contributed by atoms with Crippen LogP contribution in [0.1, 0.15) is 0 Å². The van der Waals surface area contributed by atoms with Gasteiger partial charge >= 0.3 is 0 Å². The fourth-order valence-corrected chi connectivity index (χ4v) is 2.92. The maximum absolute atomic E-state index is 13.3. The summed E-state index contributed by atoms with van der Waals surface area (Å²) in [5.74, 6) is -0.381. The van der Waals surface area contributed by atoms with Crippen molar-refractivity contribution in [3.05, 3.63) is 54.6 Å². The Balaban J connectivity index is 1.67. The van der Waals surface area contributed by atoms with Crippen LogP contribution in [0.4, 0.5) is 15.9 Å². The van der Waals surface area contributed by atoms with E-state index >= 15 is 0 Å². The largest absolute Gasteiger partial charge is 0.493 e. The third-order valence-electron chi connectivity index (χ3n) is 4.10. The lowest BCUT2D eigenvalue weighted by Crippen LogP contribution is -1.78. The van der Waals surface area contributed by atoms with Crippen molar-refractivity contribution in [3.8, 4) is 5.88 Å². The molecule has 0 aliphatic heterocycles. The topological polar surface area (TPSA) is 99.7 Å². The van der Waals surface area contributed by atoms with E-state index in [-0.39, 0.29) is 17.4 Å². The third kappa shape index (κ3) is 2.12. The molecule has 0 spiro atoms. The van der Waals surface area contributed by atoms with E-state index in [1.54, 1.807) is 0 Å². The van der Waals surface area contributed by atoms with Gasteiger partial charge in [0.2, 0.25) is 11.7 Å². The van der Waals surface area contributed by atoms with Crippen LogP contribution in [-0.2, 0) is 0 Å². The number of nitrogens with zero attached hydrogens (tertiary/aromatic N) is 4. The van der Waals surface area contributed by atoms with Crippen LogP contribution in [0.2, 0.25) is 0 Å². The fourth-order valence-electron chi connectivity index (χ4n) is 2.92. The van der Waals surface area contributed by atoms with Gasteiger partial charge in [-0.15, -0.1) is 10.2 Å². The molecule has 5 aromatic rings. The molecule has 0 fully saturated rings. The Morgan fingerprint density at radius 1 is 1.04 bits per heavy atom. The lowest BCUT2D eigenvalue weighted by molar-refractivity contribution is 0.459. The van der Waals surface area contributed by atoms with Gasteiger partial charge in [0.05, 0.1) is 5.52 Å². The number of aromatic amines is 1. The van der Waals surface area contributed by atoms with Gasteiger partial charge in [0.1, 0.15) is 23.2 Å². The van der Waals surface area contributed by atoms with E-state index in [2.05, 4.69) is 25.2 Å². The number of rotatable bonds is 2. The molecule has 3 heterocycles. The second kappa shape index (κ2) is 5.35. The van der Waals surface area contributed by atoms with Crippen molar-refractivity contribution in [3.63, 3.8) is 0 Å². The van der Waals surface area contributed by atoms with Gasteiger partial charge in [0, 0.05) is 10.8 Å². The summed E-state index contributed by atoms with van der Waals surface area (Å²) >= 11 is 0. The number of furan rings is 1. The summed E-state index contributed by atoms with van der Waals surface area (Å²) in [6.45, 7) is 0. The van der Waals surface area contributed by atoms with Crippen LogP contribution in [0.25, 0.3) is 33.0 Å². The molecule has 0 radical (unpaired) electrons. The number of hydrogen-bond acceptors (Lipinski definition) is 6. The molecular formula is C18H10FN5O2. The molecule has 0 unspecified atom stereocenters. The first-order chi connectivity index (χ1) is 12.7. The van der Waals surface area contributed by atoms with Gasteiger partial charge < -0.3 is 14.5 Å². The molecule has 126 valence electrons. The van der Waals surface area contributed by atoms with Crippen molar-refractivity contribution < 1.29 is 13.9 Å². The maximum Gasteiger partial charge on any atom is 0.221 e. The van der Waals surface area contributed by atoms with E-state index in [0.717, 1.165) is 5.39 Å². The average molecular weight is 347 g/mol. The number of H-pyrrole nitrogens is 1. The van der Waals surface area contributed by atoms with E-state index in [1.165, 1.54) is 24.5 Å². The Kier molecular flexibility index (Phi) is 2.99.